The first-order valence-corrected chi connectivity index (χ1v) is 6.37. The van der Waals surface area contributed by atoms with E-state index >= 15 is 0 Å². The molecule has 1 aromatic heterocycles. The van der Waals surface area contributed by atoms with Crippen LogP contribution in [0.1, 0.15) is 18.5 Å². The van der Waals surface area contributed by atoms with Gasteiger partial charge in [0.25, 0.3) is 0 Å². The number of nitro benzene ring substituents is 1. The third-order valence-electron chi connectivity index (χ3n) is 2.96. The summed E-state index contributed by atoms with van der Waals surface area (Å²) in [5.41, 5.74) is 0.859. The van der Waals surface area contributed by atoms with E-state index < -0.39 is 23.0 Å². The van der Waals surface area contributed by atoms with Gasteiger partial charge in [0.15, 0.2) is 0 Å². The number of halogens is 2. The second kappa shape index (κ2) is 6.79. The second-order valence-corrected chi connectivity index (χ2v) is 4.46. The zero-order chi connectivity index (χ0) is 16.1. The van der Waals surface area contributed by atoms with E-state index in [9.17, 15) is 18.9 Å². The van der Waals surface area contributed by atoms with Gasteiger partial charge in [0.2, 0.25) is 5.75 Å². The van der Waals surface area contributed by atoms with Crippen LogP contribution in [0.15, 0.2) is 42.7 Å². The highest BCUT2D eigenvalue weighted by Gasteiger charge is 2.19. The molecule has 2 aromatic rings. The number of ether oxygens (including phenoxy) is 1. The SMILES string of the molecule is CC(Nc1ccc([N+](=O)[O-])c(OC(F)F)c1)c1ccncc1. The number of rotatable bonds is 6. The van der Waals surface area contributed by atoms with Crippen molar-refractivity contribution < 1.29 is 18.4 Å². The number of anilines is 1. The van der Waals surface area contributed by atoms with Crippen molar-refractivity contribution in [3.8, 4) is 5.75 Å². The molecule has 0 aliphatic carbocycles. The molecule has 1 unspecified atom stereocenters. The Labute approximate surface area is 124 Å². The van der Waals surface area contributed by atoms with E-state index in [0.29, 0.717) is 5.69 Å². The van der Waals surface area contributed by atoms with Crippen molar-refractivity contribution in [2.24, 2.45) is 0 Å². The fraction of sp³-hybridized carbons (Fsp3) is 0.214. The van der Waals surface area contributed by atoms with Crippen molar-refractivity contribution >= 4 is 11.4 Å². The van der Waals surface area contributed by atoms with E-state index in [-0.39, 0.29) is 6.04 Å². The summed E-state index contributed by atoms with van der Waals surface area (Å²) in [6.07, 6.45) is 3.27. The lowest BCUT2D eigenvalue weighted by Crippen LogP contribution is -2.08. The van der Waals surface area contributed by atoms with Crippen LogP contribution in [-0.4, -0.2) is 16.5 Å². The number of pyridine rings is 1. The highest BCUT2D eigenvalue weighted by atomic mass is 19.3. The maximum atomic E-state index is 12.4. The molecule has 0 aliphatic heterocycles. The van der Waals surface area contributed by atoms with Crippen molar-refractivity contribution in [3.63, 3.8) is 0 Å². The Morgan fingerprint density at radius 1 is 1.27 bits per heavy atom. The predicted octanol–water partition coefficient (Wildman–Crippen LogP) is 3.76. The smallest absolute Gasteiger partial charge is 0.387 e. The van der Waals surface area contributed by atoms with Crippen LogP contribution in [-0.2, 0) is 0 Å². The van der Waals surface area contributed by atoms with Gasteiger partial charge in [-0.05, 0) is 30.7 Å². The summed E-state index contributed by atoms with van der Waals surface area (Å²) in [5.74, 6) is -0.480. The third-order valence-corrected chi connectivity index (χ3v) is 2.96. The Hall–Kier alpha value is -2.77. The van der Waals surface area contributed by atoms with Crippen LogP contribution in [0.4, 0.5) is 20.2 Å². The molecule has 0 saturated carbocycles. The summed E-state index contributed by atoms with van der Waals surface area (Å²) < 4.78 is 28.9. The van der Waals surface area contributed by atoms with Gasteiger partial charge in [0.05, 0.1) is 4.92 Å². The molecule has 0 spiro atoms. The van der Waals surface area contributed by atoms with Crippen LogP contribution in [0.2, 0.25) is 0 Å². The van der Waals surface area contributed by atoms with Crippen molar-refractivity contribution in [3.05, 3.63) is 58.4 Å². The molecule has 0 aliphatic rings. The maximum Gasteiger partial charge on any atom is 0.387 e. The molecule has 1 heterocycles. The summed E-state index contributed by atoms with van der Waals surface area (Å²) in [7, 11) is 0. The maximum absolute atomic E-state index is 12.4. The van der Waals surface area contributed by atoms with Crippen LogP contribution in [0.5, 0.6) is 5.75 Å². The van der Waals surface area contributed by atoms with E-state index in [1.165, 1.54) is 12.1 Å². The zero-order valence-corrected chi connectivity index (χ0v) is 11.6. The minimum absolute atomic E-state index is 0.135. The number of hydrogen-bond acceptors (Lipinski definition) is 5. The molecule has 116 valence electrons. The zero-order valence-electron chi connectivity index (χ0n) is 11.6. The Morgan fingerprint density at radius 2 is 1.95 bits per heavy atom. The molecule has 8 heteroatoms. The molecule has 0 bridgehead atoms. The molecule has 2 rings (SSSR count). The summed E-state index contributed by atoms with van der Waals surface area (Å²) >= 11 is 0. The molecule has 0 fully saturated rings. The van der Waals surface area contributed by atoms with Crippen LogP contribution < -0.4 is 10.1 Å². The molecule has 0 radical (unpaired) electrons. The largest absolute Gasteiger partial charge is 0.427 e. The average molecular weight is 309 g/mol. The van der Waals surface area contributed by atoms with Crippen LogP contribution in [0, 0.1) is 10.1 Å². The number of alkyl halides is 2. The van der Waals surface area contributed by atoms with Gasteiger partial charge in [0.1, 0.15) is 0 Å². The van der Waals surface area contributed by atoms with E-state index in [1.54, 1.807) is 24.5 Å². The molecular weight excluding hydrogens is 296 g/mol. The molecule has 1 atom stereocenters. The van der Waals surface area contributed by atoms with Crippen LogP contribution in [0.3, 0.4) is 0 Å². The van der Waals surface area contributed by atoms with E-state index in [2.05, 4.69) is 15.0 Å². The lowest BCUT2D eigenvalue weighted by atomic mass is 10.1. The quantitative estimate of drug-likeness (QED) is 0.649. The minimum atomic E-state index is -3.13. The Kier molecular flexibility index (Phi) is 4.82. The average Bonchev–Trinajstić information content (AvgIpc) is 2.47. The number of aromatic nitrogens is 1. The number of hydrogen-bond donors (Lipinski definition) is 1. The molecule has 0 saturated heterocycles. The van der Waals surface area contributed by atoms with Crippen molar-refractivity contribution in [2.75, 3.05) is 5.32 Å². The number of nitrogens with one attached hydrogen (secondary N) is 1. The van der Waals surface area contributed by atoms with E-state index in [4.69, 9.17) is 0 Å². The summed E-state index contributed by atoms with van der Waals surface area (Å²) in [4.78, 5) is 13.9. The third kappa shape index (κ3) is 3.87. The Bertz CT molecular complexity index is 653. The van der Waals surface area contributed by atoms with Gasteiger partial charge in [-0.25, -0.2) is 0 Å². The fourth-order valence-corrected chi connectivity index (χ4v) is 1.93. The summed E-state index contributed by atoms with van der Waals surface area (Å²) in [5, 5.41) is 13.9. The standard InChI is InChI=1S/C14H13F2N3O3/c1-9(10-4-6-17-7-5-10)18-11-2-3-12(19(20)21)13(8-11)22-14(15)16/h2-9,14,18H,1H3. The topological polar surface area (TPSA) is 77.3 Å². The summed E-state index contributed by atoms with van der Waals surface area (Å²) in [6, 6.07) is 7.22. The van der Waals surface area contributed by atoms with Crippen molar-refractivity contribution in [2.45, 2.75) is 19.6 Å². The first-order chi connectivity index (χ1) is 10.5. The second-order valence-electron chi connectivity index (χ2n) is 4.46. The molecule has 6 nitrogen and oxygen atoms in total. The van der Waals surface area contributed by atoms with Gasteiger partial charge >= 0.3 is 12.3 Å². The lowest BCUT2D eigenvalue weighted by molar-refractivity contribution is -0.386. The van der Waals surface area contributed by atoms with Gasteiger partial charge in [0, 0.05) is 36.3 Å². The van der Waals surface area contributed by atoms with Crippen molar-refractivity contribution in [1.29, 1.82) is 0 Å². The van der Waals surface area contributed by atoms with E-state index in [1.807, 2.05) is 6.92 Å². The first kappa shape index (κ1) is 15.6. The Balaban J connectivity index is 2.23. The lowest BCUT2D eigenvalue weighted by Gasteiger charge is -2.16. The Morgan fingerprint density at radius 3 is 2.55 bits per heavy atom. The number of nitrogens with zero attached hydrogens (tertiary/aromatic N) is 2. The van der Waals surface area contributed by atoms with Crippen LogP contribution >= 0.6 is 0 Å². The highest BCUT2D eigenvalue weighted by molar-refractivity contribution is 5.58. The van der Waals surface area contributed by atoms with Gasteiger partial charge in [-0.15, -0.1) is 0 Å². The molecule has 22 heavy (non-hydrogen) atoms. The van der Waals surface area contributed by atoms with Gasteiger partial charge < -0.3 is 10.1 Å². The summed E-state index contributed by atoms with van der Waals surface area (Å²) in [6.45, 7) is -1.27. The fourth-order valence-electron chi connectivity index (χ4n) is 1.93. The van der Waals surface area contributed by atoms with Gasteiger partial charge in [-0.1, -0.05) is 0 Å². The van der Waals surface area contributed by atoms with Gasteiger partial charge in [-0.2, -0.15) is 8.78 Å². The number of benzene rings is 1. The molecular formula is C14H13F2N3O3. The van der Waals surface area contributed by atoms with E-state index in [0.717, 1.165) is 11.6 Å². The molecule has 0 amide bonds. The van der Waals surface area contributed by atoms with Crippen LogP contribution in [0.25, 0.3) is 0 Å². The number of nitro groups is 1. The van der Waals surface area contributed by atoms with Crippen molar-refractivity contribution in [1.82, 2.24) is 4.98 Å². The normalized spacial score (nSPS) is 12.0. The highest BCUT2D eigenvalue weighted by Crippen LogP contribution is 2.32. The van der Waals surface area contributed by atoms with Gasteiger partial charge in [-0.3, -0.25) is 15.1 Å². The predicted molar refractivity (Wildman–Crippen MR) is 76.0 cm³/mol. The molecule has 1 N–H and O–H groups in total. The monoisotopic (exact) mass is 309 g/mol. The minimum Gasteiger partial charge on any atom is -0.427 e. The molecule has 1 aromatic carbocycles. The first-order valence-electron chi connectivity index (χ1n) is 6.37.